The number of thiophene rings is 1. The Labute approximate surface area is 135 Å². The van der Waals surface area contributed by atoms with Crippen LogP contribution in [0.1, 0.15) is 16.0 Å². The molecule has 2 heterocycles. The lowest BCUT2D eigenvalue weighted by Gasteiger charge is -2.14. The predicted octanol–water partition coefficient (Wildman–Crippen LogP) is 2.28. The molecule has 120 valence electrons. The summed E-state index contributed by atoms with van der Waals surface area (Å²) in [5.41, 5.74) is 3.01. The largest absolute Gasteiger partial charge is 0.480 e. The maximum atomic E-state index is 11.5. The van der Waals surface area contributed by atoms with Gasteiger partial charge in [-0.05, 0) is 48.1 Å². The average molecular weight is 332 g/mol. The Bertz CT molecular complexity index is 893. The highest BCUT2D eigenvalue weighted by atomic mass is 32.1. The summed E-state index contributed by atoms with van der Waals surface area (Å²) < 4.78 is 4.94. The molecule has 0 saturated heterocycles. The van der Waals surface area contributed by atoms with Crippen LogP contribution in [0.5, 0.6) is 0 Å². The Balaban J connectivity index is 1.74. The highest BCUT2D eigenvalue weighted by Gasteiger charge is 2.18. The van der Waals surface area contributed by atoms with Crippen LogP contribution in [0.3, 0.4) is 0 Å². The molecule has 0 aliphatic carbocycles. The monoisotopic (exact) mass is 332 g/mol. The maximum Gasteiger partial charge on any atom is 0.417 e. The number of carboxylic acids is 1. The minimum absolute atomic E-state index is 0.322. The second kappa shape index (κ2) is 6.39. The number of aromatic nitrogens is 1. The van der Waals surface area contributed by atoms with Crippen LogP contribution in [0, 0.1) is 6.92 Å². The normalized spacial score (nSPS) is 12.6. The number of hydrogen-bond acceptors (Lipinski definition) is 5. The molecule has 0 aliphatic rings. The quantitative estimate of drug-likeness (QED) is 0.644. The van der Waals surface area contributed by atoms with E-state index in [0.29, 0.717) is 24.1 Å². The van der Waals surface area contributed by atoms with Gasteiger partial charge in [0.15, 0.2) is 5.58 Å². The highest BCUT2D eigenvalue weighted by Crippen LogP contribution is 2.17. The molecular weight excluding hydrogens is 316 g/mol. The molecule has 0 spiro atoms. The molecule has 0 saturated carbocycles. The minimum atomic E-state index is -0.903. The van der Waals surface area contributed by atoms with Crippen molar-refractivity contribution >= 4 is 28.4 Å². The van der Waals surface area contributed by atoms with Gasteiger partial charge < -0.3 is 9.52 Å². The standard InChI is InChI=1S/C16H16N2O4S/c1-9-4-5-23-14(9)8-17-12(15(19)20)7-10-2-3-13-11(6-10)18-16(21)22-13/h2-6,12,17H,7-8H2,1H3,(H,18,21)(H,19,20)/t12-/m0/s1. The molecule has 0 amide bonds. The van der Waals surface area contributed by atoms with Crippen molar-refractivity contribution in [1.29, 1.82) is 0 Å². The summed E-state index contributed by atoms with van der Waals surface area (Å²) in [6.45, 7) is 2.53. The number of rotatable bonds is 6. The van der Waals surface area contributed by atoms with Crippen LogP contribution < -0.4 is 11.1 Å². The van der Waals surface area contributed by atoms with E-state index in [1.165, 1.54) is 0 Å². The second-order valence-corrected chi connectivity index (χ2v) is 6.35. The molecule has 3 N–H and O–H groups in total. The molecular formula is C16H16N2O4S. The number of fused-ring (bicyclic) bond motifs is 1. The number of aryl methyl sites for hydroxylation is 1. The summed E-state index contributed by atoms with van der Waals surface area (Å²) >= 11 is 1.61. The van der Waals surface area contributed by atoms with Gasteiger partial charge in [-0.25, -0.2) is 4.79 Å². The Morgan fingerprint density at radius 2 is 2.26 bits per heavy atom. The number of aromatic amines is 1. The van der Waals surface area contributed by atoms with Crippen molar-refractivity contribution in [3.8, 4) is 0 Å². The van der Waals surface area contributed by atoms with E-state index in [1.54, 1.807) is 29.5 Å². The molecule has 3 aromatic rings. The summed E-state index contributed by atoms with van der Waals surface area (Å²) in [4.78, 5) is 26.4. The van der Waals surface area contributed by atoms with Gasteiger partial charge in [0.25, 0.3) is 0 Å². The predicted molar refractivity (Wildman–Crippen MR) is 87.9 cm³/mol. The first-order chi connectivity index (χ1) is 11.0. The average Bonchev–Trinajstić information content (AvgIpc) is 3.07. The van der Waals surface area contributed by atoms with E-state index in [9.17, 15) is 14.7 Å². The van der Waals surface area contributed by atoms with Crippen molar-refractivity contribution in [3.63, 3.8) is 0 Å². The zero-order chi connectivity index (χ0) is 16.4. The van der Waals surface area contributed by atoms with E-state index in [2.05, 4.69) is 10.3 Å². The van der Waals surface area contributed by atoms with E-state index in [1.807, 2.05) is 18.4 Å². The molecule has 1 aromatic carbocycles. The molecule has 3 rings (SSSR count). The molecule has 0 unspecified atom stereocenters. The van der Waals surface area contributed by atoms with E-state index < -0.39 is 17.8 Å². The lowest BCUT2D eigenvalue weighted by Crippen LogP contribution is -2.38. The Hall–Kier alpha value is -2.38. The van der Waals surface area contributed by atoms with Gasteiger partial charge in [-0.1, -0.05) is 6.07 Å². The van der Waals surface area contributed by atoms with Gasteiger partial charge >= 0.3 is 11.7 Å². The Morgan fingerprint density at radius 3 is 2.96 bits per heavy atom. The fourth-order valence-electron chi connectivity index (χ4n) is 2.41. The van der Waals surface area contributed by atoms with Crippen LogP contribution in [0.15, 0.2) is 38.9 Å². The van der Waals surface area contributed by atoms with Crippen molar-refractivity contribution in [2.75, 3.05) is 0 Å². The number of hydrogen-bond donors (Lipinski definition) is 3. The highest BCUT2D eigenvalue weighted by molar-refractivity contribution is 7.10. The zero-order valence-electron chi connectivity index (χ0n) is 12.5. The van der Waals surface area contributed by atoms with E-state index in [4.69, 9.17) is 4.42 Å². The van der Waals surface area contributed by atoms with Crippen LogP contribution in [0.2, 0.25) is 0 Å². The summed E-state index contributed by atoms with van der Waals surface area (Å²) in [6.07, 6.45) is 0.322. The Morgan fingerprint density at radius 1 is 1.43 bits per heavy atom. The fraction of sp³-hybridized carbons (Fsp3) is 0.250. The number of benzene rings is 1. The molecule has 0 bridgehead atoms. The van der Waals surface area contributed by atoms with Crippen LogP contribution in [0.25, 0.3) is 11.1 Å². The first-order valence-corrected chi connectivity index (χ1v) is 8.02. The third-order valence-corrected chi connectivity index (χ3v) is 4.72. The first-order valence-electron chi connectivity index (χ1n) is 7.14. The van der Waals surface area contributed by atoms with Gasteiger partial charge in [-0.15, -0.1) is 11.3 Å². The molecule has 0 radical (unpaired) electrons. The smallest absolute Gasteiger partial charge is 0.417 e. The second-order valence-electron chi connectivity index (χ2n) is 5.35. The van der Waals surface area contributed by atoms with Gasteiger partial charge in [0.2, 0.25) is 0 Å². The molecule has 0 aliphatic heterocycles. The first kappa shape index (κ1) is 15.5. The van der Waals surface area contributed by atoms with Gasteiger partial charge in [-0.2, -0.15) is 0 Å². The molecule has 23 heavy (non-hydrogen) atoms. The summed E-state index contributed by atoms with van der Waals surface area (Å²) in [7, 11) is 0. The van der Waals surface area contributed by atoms with Crippen LogP contribution in [-0.2, 0) is 17.8 Å². The molecule has 6 nitrogen and oxygen atoms in total. The molecule has 0 fully saturated rings. The van der Waals surface area contributed by atoms with Crippen molar-refractivity contribution < 1.29 is 14.3 Å². The van der Waals surface area contributed by atoms with Crippen LogP contribution in [-0.4, -0.2) is 22.1 Å². The van der Waals surface area contributed by atoms with E-state index >= 15 is 0 Å². The number of carboxylic acid groups (broad SMARTS) is 1. The number of H-pyrrole nitrogens is 1. The van der Waals surface area contributed by atoms with Gasteiger partial charge in [0.1, 0.15) is 6.04 Å². The number of aliphatic carboxylic acids is 1. The SMILES string of the molecule is Cc1ccsc1CN[C@@H](Cc1ccc2oc(=O)[nH]c2c1)C(=O)O. The lowest BCUT2D eigenvalue weighted by molar-refractivity contribution is -0.139. The van der Waals surface area contributed by atoms with E-state index in [0.717, 1.165) is 16.0 Å². The number of nitrogens with one attached hydrogen (secondary N) is 2. The Kier molecular flexibility index (Phi) is 4.31. The maximum absolute atomic E-state index is 11.5. The zero-order valence-corrected chi connectivity index (χ0v) is 13.3. The summed E-state index contributed by atoms with van der Waals surface area (Å²) in [5.74, 6) is -1.42. The lowest BCUT2D eigenvalue weighted by atomic mass is 10.1. The third-order valence-electron chi connectivity index (χ3n) is 3.70. The van der Waals surface area contributed by atoms with Crippen molar-refractivity contribution in [2.45, 2.75) is 25.9 Å². The van der Waals surface area contributed by atoms with Crippen molar-refractivity contribution in [1.82, 2.24) is 10.3 Å². The number of oxazole rings is 1. The minimum Gasteiger partial charge on any atom is -0.480 e. The van der Waals surface area contributed by atoms with Gasteiger partial charge in [0.05, 0.1) is 5.52 Å². The third kappa shape index (κ3) is 3.52. The van der Waals surface area contributed by atoms with Crippen molar-refractivity contribution in [3.05, 3.63) is 56.2 Å². The fourth-order valence-corrected chi connectivity index (χ4v) is 3.27. The van der Waals surface area contributed by atoms with Crippen LogP contribution >= 0.6 is 11.3 Å². The molecule has 7 heteroatoms. The number of carbonyl (C=O) groups is 1. The molecule has 1 atom stereocenters. The summed E-state index contributed by atoms with van der Waals surface area (Å²) in [5, 5.41) is 14.5. The topological polar surface area (TPSA) is 95.3 Å². The van der Waals surface area contributed by atoms with Crippen LogP contribution in [0.4, 0.5) is 0 Å². The van der Waals surface area contributed by atoms with Gasteiger partial charge in [0, 0.05) is 11.4 Å². The molecule has 2 aromatic heterocycles. The summed E-state index contributed by atoms with van der Waals surface area (Å²) in [6, 6.07) is 6.50. The van der Waals surface area contributed by atoms with E-state index in [-0.39, 0.29) is 0 Å². The van der Waals surface area contributed by atoms with Crippen molar-refractivity contribution in [2.24, 2.45) is 0 Å². The van der Waals surface area contributed by atoms with Gasteiger partial charge in [-0.3, -0.25) is 15.1 Å².